The third-order valence-corrected chi connectivity index (χ3v) is 4.60. The average Bonchev–Trinajstić information content (AvgIpc) is 3.22. The van der Waals surface area contributed by atoms with E-state index in [1.807, 2.05) is 0 Å². The first kappa shape index (κ1) is 23.4. The van der Waals surface area contributed by atoms with Gasteiger partial charge in [0.2, 0.25) is 5.91 Å². The minimum atomic E-state index is -1.03. The van der Waals surface area contributed by atoms with Crippen molar-refractivity contribution in [2.24, 2.45) is 5.92 Å². The number of carbonyl (C=O) groups excluding carboxylic acids is 5. The second-order valence-corrected chi connectivity index (χ2v) is 8.67. The first-order valence-corrected chi connectivity index (χ1v) is 10.0. The van der Waals surface area contributed by atoms with Crippen molar-refractivity contribution in [3.05, 3.63) is 0 Å². The van der Waals surface area contributed by atoms with Crippen LogP contribution in [0.4, 0.5) is 9.59 Å². The average molecular weight is 426 g/mol. The van der Waals surface area contributed by atoms with Crippen molar-refractivity contribution in [3.63, 3.8) is 0 Å². The molecule has 0 unspecified atom stereocenters. The Morgan fingerprint density at radius 1 is 1.07 bits per heavy atom. The van der Waals surface area contributed by atoms with Crippen molar-refractivity contribution >= 4 is 29.9 Å². The molecule has 11 nitrogen and oxygen atoms in total. The van der Waals surface area contributed by atoms with Crippen LogP contribution in [-0.2, 0) is 24.0 Å². The second-order valence-electron chi connectivity index (χ2n) is 8.67. The molecule has 2 rings (SSSR count). The number of likely N-dealkylation sites (tertiary alicyclic amines) is 1. The van der Waals surface area contributed by atoms with Crippen molar-refractivity contribution in [2.45, 2.75) is 78.1 Å². The van der Waals surface area contributed by atoms with Crippen LogP contribution in [0.2, 0.25) is 0 Å². The molecular formula is C19H30N4O7. The standard InChI is InChI=1S/C19H30N4O7/c1-11(2)15(21-17(27)30-23-13(24)8-9-14(23)25)20-16(26)12-7-6-10-22(12)18(28)29-19(3,4)5/h11-12,15H,6-10H2,1-5H3,(H,20,26)(H,21,27)/t12-,15+/m0/s1. The van der Waals surface area contributed by atoms with E-state index in [0.717, 1.165) is 0 Å². The summed E-state index contributed by atoms with van der Waals surface area (Å²) in [6.07, 6.45) is -1.35. The topological polar surface area (TPSA) is 134 Å². The Labute approximate surface area is 175 Å². The molecule has 2 aliphatic rings. The van der Waals surface area contributed by atoms with Crippen LogP contribution in [0.15, 0.2) is 0 Å². The Morgan fingerprint density at radius 3 is 2.20 bits per heavy atom. The monoisotopic (exact) mass is 426 g/mol. The Kier molecular flexibility index (Phi) is 7.27. The van der Waals surface area contributed by atoms with Gasteiger partial charge in [0.05, 0.1) is 0 Å². The molecule has 2 heterocycles. The van der Waals surface area contributed by atoms with Gasteiger partial charge >= 0.3 is 12.2 Å². The number of carbonyl (C=O) groups is 5. The van der Waals surface area contributed by atoms with E-state index >= 15 is 0 Å². The molecule has 0 saturated carbocycles. The Bertz CT molecular complexity index is 700. The zero-order valence-corrected chi connectivity index (χ0v) is 18.0. The summed E-state index contributed by atoms with van der Waals surface area (Å²) in [7, 11) is 0. The lowest BCUT2D eigenvalue weighted by molar-refractivity contribution is -0.171. The molecule has 0 radical (unpaired) electrons. The summed E-state index contributed by atoms with van der Waals surface area (Å²) in [6, 6.07) is -0.722. The van der Waals surface area contributed by atoms with Gasteiger partial charge in [-0.05, 0) is 39.5 Å². The van der Waals surface area contributed by atoms with Gasteiger partial charge in [0.15, 0.2) is 0 Å². The van der Waals surface area contributed by atoms with E-state index in [0.29, 0.717) is 24.4 Å². The fourth-order valence-electron chi connectivity index (χ4n) is 3.09. The number of hydrogen-bond donors (Lipinski definition) is 2. The predicted octanol–water partition coefficient (Wildman–Crippen LogP) is 1.27. The maximum atomic E-state index is 12.8. The molecule has 168 valence electrons. The summed E-state index contributed by atoms with van der Waals surface area (Å²) >= 11 is 0. The maximum absolute atomic E-state index is 12.8. The van der Waals surface area contributed by atoms with Gasteiger partial charge in [0.1, 0.15) is 17.8 Å². The Hall–Kier alpha value is -2.85. The van der Waals surface area contributed by atoms with Crippen molar-refractivity contribution in [3.8, 4) is 0 Å². The highest BCUT2D eigenvalue weighted by Gasteiger charge is 2.38. The highest BCUT2D eigenvalue weighted by molar-refractivity contribution is 6.01. The molecule has 0 aromatic rings. The zero-order chi connectivity index (χ0) is 22.6. The lowest BCUT2D eigenvalue weighted by Crippen LogP contribution is -2.56. The number of hydroxylamine groups is 2. The molecule has 2 fully saturated rings. The first-order valence-electron chi connectivity index (χ1n) is 10.0. The molecule has 0 aliphatic carbocycles. The number of ether oxygens (including phenoxy) is 1. The van der Waals surface area contributed by atoms with E-state index in [9.17, 15) is 24.0 Å². The van der Waals surface area contributed by atoms with Gasteiger partial charge in [-0.2, -0.15) is 0 Å². The summed E-state index contributed by atoms with van der Waals surface area (Å²) in [4.78, 5) is 66.6. The summed E-state index contributed by atoms with van der Waals surface area (Å²) in [5.41, 5.74) is -0.684. The fraction of sp³-hybridized carbons (Fsp3) is 0.737. The van der Waals surface area contributed by atoms with Crippen molar-refractivity contribution in [1.29, 1.82) is 0 Å². The molecule has 11 heteroatoms. The SMILES string of the molecule is CC(C)[C@@H](NC(=O)ON1C(=O)CCC1=O)NC(=O)[C@@H]1CCCN1C(=O)OC(C)(C)C. The van der Waals surface area contributed by atoms with E-state index in [4.69, 9.17) is 9.57 Å². The van der Waals surface area contributed by atoms with Crippen LogP contribution >= 0.6 is 0 Å². The number of nitrogens with zero attached hydrogens (tertiary/aromatic N) is 2. The number of imide groups is 1. The van der Waals surface area contributed by atoms with Crippen LogP contribution in [0, 0.1) is 5.92 Å². The summed E-state index contributed by atoms with van der Waals surface area (Å²) < 4.78 is 5.36. The largest absolute Gasteiger partial charge is 0.444 e. The van der Waals surface area contributed by atoms with Crippen LogP contribution in [-0.4, -0.2) is 64.2 Å². The predicted molar refractivity (Wildman–Crippen MR) is 103 cm³/mol. The van der Waals surface area contributed by atoms with Crippen LogP contribution in [0.3, 0.4) is 0 Å². The van der Waals surface area contributed by atoms with Gasteiger partial charge < -0.3 is 14.9 Å². The molecule has 2 N–H and O–H groups in total. The fourth-order valence-corrected chi connectivity index (χ4v) is 3.09. The van der Waals surface area contributed by atoms with Gasteiger partial charge in [-0.25, -0.2) is 9.59 Å². The van der Waals surface area contributed by atoms with Gasteiger partial charge in [-0.15, -0.1) is 5.06 Å². The highest BCUT2D eigenvalue weighted by Crippen LogP contribution is 2.21. The quantitative estimate of drug-likeness (QED) is 0.499. The van der Waals surface area contributed by atoms with E-state index in [1.54, 1.807) is 34.6 Å². The van der Waals surface area contributed by atoms with Crippen LogP contribution in [0.5, 0.6) is 0 Å². The highest BCUT2D eigenvalue weighted by atomic mass is 16.7. The number of rotatable bonds is 5. The molecule has 0 spiro atoms. The molecule has 0 aromatic carbocycles. The molecule has 5 amide bonds. The summed E-state index contributed by atoms with van der Waals surface area (Å²) in [5, 5.41) is 5.57. The van der Waals surface area contributed by atoms with E-state index < -0.39 is 47.7 Å². The van der Waals surface area contributed by atoms with Gasteiger partial charge in [-0.3, -0.25) is 24.6 Å². The van der Waals surface area contributed by atoms with Crippen molar-refractivity contribution in [2.75, 3.05) is 6.54 Å². The lowest BCUT2D eigenvalue weighted by Gasteiger charge is -2.30. The maximum Gasteiger partial charge on any atom is 0.433 e. The first-order chi connectivity index (χ1) is 13.9. The van der Waals surface area contributed by atoms with Crippen LogP contribution in [0.1, 0.15) is 60.3 Å². The Balaban J connectivity index is 1.97. The lowest BCUT2D eigenvalue weighted by atomic mass is 10.1. The molecule has 30 heavy (non-hydrogen) atoms. The van der Waals surface area contributed by atoms with Crippen molar-refractivity contribution in [1.82, 2.24) is 20.6 Å². The molecule has 2 aliphatic heterocycles. The minimum absolute atomic E-state index is 0.0152. The van der Waals surface area contributed by atoms with Gasteiger partial charge in [0, 0.05) is 19.4 Å². The molecule has 2 saturated heterocycles. The molecule has 0 bridgehead atoms. The number of hydrogen-bond acceptors (Lipinski definition) is 7. The van der Waals surface area contributed by atoms with E-state index in [-0.39, 0.29) is 18.8 Å². The minimum Gasteiger partial charge on any atom is -0.444 e. The van der Waals surface area contributed by atoms with E-state index in [2.05, 4.69) is 10.6 Å². The Morgan fingerprint density at radius 2 is 1.67 bits per heavy atom. The zero-order valence-electron chi connectivity index (χ0n) is 18.0. The normalized spacial score (nSPS) is 20.4. The second kappa shape index (κ2) is 9.31. The smallest absolute Gasteiger partial charge is 0.433 e. The third-order valence-electron chi connectivity index (χ3n) is 4.60. The molecule has 2 atom stereocenters. The van der Waals surface area contributed by atoms with Crippen molar-refractivity contribution < 1.29 is 33.5 Å². The molecular weight excluding hydrogens is 396 g/mol. The van der Waals surface area contributed by atoms with Gasteiger partial charge in [-0.1, -0.05) is 13.8 Å². The van der Waals surface area contributed by atoms with Crippen LogP contribution in [0.25, 0.3) is 0 Å². The molecule has 0 aromatic heterocycles. The number of nitrogens with one attached hydrogen (secondary N) is 2. The third kappa shape index (κ3) is 6.07. The van der Waals surface area contributed by atoms with E-state index in [1.165, 1.54) is 4.90 Å². The number of amides is 5. The summed E-state index contributed by atoms with van der Waals surface area (Å²) in [5.74, 6) is -1.87. The summed E-state index contributed by atoms with van der Waals surface area (Å²) in [6.45, 7) is 9.16. The van der Waals surface area contributed by atoms with Gasteiger partial charge in [0.25, 0.3) is 11.8 Å². The van der Waals surface area contributed by atoms with Crippen LogP contribution < -0.4 is 10.6 Å².